The van der Waals surface area contributed by atoms with Crippen molar-refractivity contribution in [2.75, 3.05) is 0 Å². The van der Waals surface area contributed by atoms with E-state index in [1.807, 2.05) is 6.92 Å². The van der Waals surface area contributed by atoms with Gasteiger partial charge in [0, 0.05) is 12.4 Å². The van der Waals surface area contributed by atoms with Crippen molar-refractivity contribution >= 4 is 11.6 Å². The molecule has 2 rings (SSSR count). The number of hydrogen-bond donors (Lipinski definition) is 1. The molecule has 5 nitrogen and oxygen atoms in total. The van der Waals surface area contributed by atoms with Crippen LogP contribution >= 0.6 is 11.6 Å². The molecule has 0 amide bonds. The van der Waals surface area contributed by atoms with E-state index in [-0.39, 0.29) is 6.04 Å². The Labute approximate surface area is 97.6 Å². The number of nitrogens with two attached hydrogens (primary N) is 1. The highest BCUT2D eigenvalue weighted by Gasteiger charge is 2.15. The third-order valence-electron chi connectivity index (χ3n) is 2.22. The summed E-state index contributed by atoms with van der Waals surface area (Å²) in [7, 11) is 0. The Hall–Kier alpha value is -1.46. The Morgan fingerprint density at radius 2 is 2.38 bits per heavy atom. The Bertz CT molecular complexity index is 485. The molecule has 0 saturated carbocycles. The van der Waals surface area contributed by atoms with Gasteiger partial charge in [0.05, 0.1) is 16.6 Å². The molecule has 2 aromatic heterocycles. The van der Waals surface area contributed by atoms with E-state index in [2.05, 4.69) is 15.1 Å². The number of aromatic nitrogens is 3. The molecule has 0 radical (unpaired) electrons. The smallest absolute Gasteiger partial charge is 0.259 e. The summed E-state index contributed by atoms with van der Waals surface area (Å²) in [4.78, 5) is 8.08. The highest BCUT2D eigenvalue weighted by molar-refractivity contribution is 6.32. The Morgan fingerprint density at radius 3 is 3.06 bits per heavy atom. The van der Waals surface area contributed by atoms with Gasteiger partial charge in [0.2, 0.25) is 0 Å². The standard InChI is InChI=1S/C10H11ClN4O/c1-2-8(12)9-14-10(16-15-9)6-3-4-13-5-7(6)11/h3-5,8H,2,12H2,1H3. The molecule has 1 unspecified atom stereocenters. The van der Waals surface area contributed by atoms with Gasteiger partial charge in [-0.15, -0.1) is 0 Å². The van der Waals surface area contributed by atoms with E-state index in [1.165, 1.54) is 6.20 Å². The Balaban J connectivity index is 2.35. The van der Waals surface area contributed by atoms with Gasteiger partial charge in [-0.25, -0.2) is 0 Å². The number of pyridine rings is 1. The normalized spacial score (nSPS) is 12.7. The largest absolute Gasteiger partial charge is 0.334 e. The first-order valence-corrected chi connectivity index (χ1v) is 5.29. The van der Waals surface area contributed by atoms with Crippen LogP contribution in [0.3, 0.4) is 0 Å². The van der Waals surface area contributed by atoms with Crippen LogP contribution in [-0.4, -0.2) is 15.1 Å². The van der Waals surface area contributed by atoms with Gasteiger partial charge in [-0.05, 0) is 12.5 Å². The molecule has 0 aromatic carbocycles. The summed E-state index contributed by atoms with van der Waals surface area (Å²) in [6.07, 6.45) is 3.90. The third kappa shape index (κ3) is 2.05. The molecule has 0 aliphatic heterocycles. The van der Waals surface area contributed by atoms with E-state index < -0.39 is 0 Å². The van der Waals surface area contributed by atoms with E-state index >= 15 is 0 Å². The lowest BCUT2D eigenvalue weighted by Gasteiger charge is -1.99. The average molecular weight is 239 g/mol. The summed E-state index contributed by atoms with van der Waals surface area (Å²) >= 11 is 5.96. The first-order valence-electron chi connectivity index (χ1n) is 4.91. The van der Waals surface area contributed by atoms with Crippen LogP contribution in [-0.2, 0) is 0 Å². The van der Waals surface area contributed by atoms with E-state index in [4.69, 9.17) is 21.9 Å². The van der Waals surface area contributed by atoms with Crippen molar-refractivity contribution in [3.05, 3.63) is 29.3 Å². The topological polar surface area (TPSA) is 77.8 Å². The molecule has 1 atom stereocenters. The molecule has 84 valence electrons. The molecule has 2 heterocycles. The SMILES string of the molecule is CCC(N)c1noc(-c2ccncc2Cl)n1. The number of rotatable bonds is 3. The van der Waals surface area contributed by atoms with Crippen molar-refractivity contribution in [3.63, 3.8) is 0 Å². The van der Waals surface area contributed by atoms with Crippen LogP contribution in [0.4, 0.5) is 0 Å². The van der Waals surface area contributed by atoms with Gasteiger partial charge in [-0.1, -0.05) is 23.7 Å². The van der Waals surface area contributed by atoms with E-state index in [0.29, 0.717) is 22.3 Å². The fourth-order valence-electron chi connectivity index (χ4n) is 1.23. The van der Waals surface area contributed by atoms with Crippen LogP contribution in [0.2, 0.25) is 5.02 Å². The fraction of sp³-hybridized carbons (Fsp3) is 0.300. The summed E-state index contributed by atoms with van der Waals surface area (Å²) in [6.45, 7) is 1.96. The minimum Gasteiger partial charge on any atom is -0.334 e. The predicted molar refractivity (Wildman–Crippen MR) is 59.8 cm³/mol. The van der Waals surface area contributed by atoms with Crippen LogP contribution < -0.4 is 5.73 Å². The number of hydrogen-bond acceptors (Lipinski definition) is 5. The summed E-state index contributed by atoms with van der Waals surface area (Å²) in [6, 6.07) is 1.51. The molecule has 6 heteroatoms. The van der Waals surface area contributed by atoms with E-state index in [1.54, 1.807) is 12.3 Å². The van der Waals surface area contributed by atoms with Crippen molar-refractivity contribution in [3.8, 4) is 11.5 Å². The molecule has 2 N–H and O–H groups in total. The van der Waals surface area contributed by atoms with Gasteiger partial charge in [-0.3, -0.25) is 4.98 Å². The van der Waals surface area contributed by atoms with Gasteiger partial charge < -0.3 is 10.3 Å². The highest BCUT2D eigenvalue weighted by atomic mass is 35.5. The zero-order chi connectivity index (χ0) is 11.5. The second kappa shape index (κ2) is 4.59. The maximum absolute atomic E-state index is 5.96. The number of halogens is 1. The van der Waals surface area contributed by atoms with Gasteiger partial charge in [0.1, 0.15) is 0 Å². The molecule has 0 saturated heterocycles. The highest BCUT2D eigenvalue weighted by Crippen LogP contribution is 2.25. The summed E-state index contributed by atoms with van der Waals surface area (Å²) in [5, 5.41) is 4.29. The zero-order valence-electron chi connectivity index (χ0n) is 8.72. The van der Waals surface area contributed by atoms with Crippen LogP contribution in [0, 0.1) is 0 Å². The van der Waals surface area contributed by atoms with Gasteiger partial charge >= 0.3 is 0 Å². The van der Waals surface area contributed by atoms with Crippen molar-refractivity contribution in [1.82, 2.24) is 15.1 Å². The molecule has 2 aromatic rings. The van der Waals surface area contributed by atoms with E-state index in [9.17, 15) is 0 Å². The lowest BCUT2D eigenvalue weighted by Crippen LogP contribution is -2.10. The maximum Gasteiger partial charge on any atom is 0.259 e. The summed E-state index contributed by atoms with van der Waals surface area (Å²) < 4.78 is 5.10. The lowest BCUT2D eigenvalue weighted by atomic mass is 10.2. The third-order valence-corrected chi connectivity index (χ3v) is 2.52. The molecule has 0 aliphatic rings. The predicted octanol–water partition coefficient (Wildman–Crippen LogP) is 2.19. The first-order chi connectivity index (χ1) is 7.72. The average Bonchev–Trinajstić information content (AvgIpc) is 2.78. The van der Waals surface area contributed by atoms with Crippen LogP contribution in [0.15, 0.2) is 23.0 Å². The van der Waals surface area contributed by atoms with Crippen LogP contribution in [0.5, 0.6) is 0 Å². The van der Waals surface area contributed by atoms with Crippen LogP contribution in [0.25, 0.3) is 11.5 Å². The molecule has 0 fully saturated rings. The van der Waals surface area contributed by atoms with Gasteiger partial charge in [0.25, 0.3) is 5.89 Å². The molecule has 0 aliphatic carbocycles. The van der Waals surface area contributed by atoms with Crippen molar-refractivity contribution in [2.45, 2.75) is 19.4 Å². The zero-order valence-corrected chi connectivity index (χ0v) is 9.48. The van der Waals surface area contributed by atoms with Crippen molar-refractivity contribution in [2.24, 2.45) is 5.73 Å². The quantitative estimate of drug-likeness (QED) is 0.887. The molecule has 0 spiro atoms. The van der Waals surface area contributed by atoms with Gasteiger partial charge in [0.15, 0.2) is 5.82 Å². The molecule has 0 bridgehead atoms. The first kappa shape index (κ1) is 11.0. The minimum absolute atomic E-state index is 0.210. The Morgan fingerprint density at radius 1 is 1.56 bits per heavy atom. The van der Waals surface area contributed by atoms with Crippen molar-refractivity contribution in [1.29, 1.82) is 0 Å². The minimum atomic E-state index is -0.210. The second-order valence-corrected chi connectivity index (χ2v) is 3.74. The molecular weight excluding hydrogens is 228 g/mol. The molecule has 16 heavy (non-hydrogen) atoms. The van der Waals surface area contributed by atoms with Gasteiger partial charge in [-0.2, -0.15) is 4.98 Å². The van der Waals surface area contributed by atoms with Crippen LogP contribution in [0.1, 0.15) is 25.2 Å². The summed E-state index contributed by atoms with van der Waals surface area (Å²) in [5.74, 6) is 0.858. The summed E-state index contributed by atoms with van der Waals surface area (Å²) in [5.41, 5.74) is 6.46. The Kier molecular flexibility index (Phi) is 3.17. The van der Waals surface area contributed by atoms with Crippen molar-refractivity contribution < 1.29 is 4.52 Å². The fourth-order valence-corrected chi connectivity index (χ4v) is 1.43. The monoisotopic (exact) mass is 238 g/mol. The maximum atomic E-state index is 5.96. The molecular formula is C10H11ClN4O. The second-order valence-electron chi connectivity index (χ2n) is 3.33. The number of nitrogens with zero attached hydrogens (tertiary/aromatic N) is 3. The van der Waals surface area contributed by atoms with E-state index in [0.717, 1.165) is 6.42 Å². The lowest BCUT2D eigenvalue weighted by molar-refractivity contribution is 0.415.